The molecular weight excluding hydrogens is 305 g/mol. The van der Waals surface area contributed by atoms with Crippen LogP contribution < -0.4 is 5.32 Å². The van der Waals surface area contributed by atoms with Crippen LogP contribution in [0.25, 0.3) is 0 Å². The van der Waals surface area contributed by atoms with E-state index in [0.717, 1.165) is 5.56 Å². The summed E-state index contributed by atoms with van der Waals surface area (Å²) in [7, 11) is 0. The third kappa shape index (κ3) is 3.30. The molecule has 1 aromatic heterocycles. The fourth-order valence-electron chi connectivity index (χ4n) is 1.58. The normalized spacial score (nSPS) is 10.0. The first-order chi connectivity index (χ1) is 9.11. The zero-order valence-corrected chi connectivity index (χ0v) is 11.9. The van der Waals surface area contributed by atoms with E-state index in [2.05, 4.69) is 10.3 Å². The lowest BCUT2D eigenvalue weighted by molar-refractivity contribution is 1.09. The van der Waals surface area contributed by atoms with E-state index in [0.29, 0.717) is 33.0 Å². The molecule has 3 nitrogen and oxygen atoms in total. The number of anilines is 1. The van der Waals surface area contributed by atoms with Crippen molar-refractivity contribution in [3.8, 4) is 6.07 Å². The number of hydrogen-bond donors (Lipinski definition) is 1. The molecule has 0 saturated heterocycles. The van der Waals surface area contributed by atoms with Crippen molar-refractivity contribution in [2.24, 2.45) is 0 Å². The summed E-state index contributed by atoms with van der Waals surface area (Å²) in [5, 5.41) is 13.4. The Balaban J connectivity index is 2.22. The summed E-state index contributed by atoms with van der Waals surface area (Å²) in [6.07, 6.45) is 1.57. The van der Waals surface area contributed by atoms with Crippen LogP contribution in [0.4, 0.5) is 5.69 Å². The lowest BCUT2D eigenvalue weighted by Gasteiger charge is -2.11. The van der Waals surface area contributed by atoms with E-state index in [4.69, 9.17) is 40.1 Å². The summed E-state index contributed by atoms with van der Waals surface area (Å²) >= 11 is 18.0. The molecule has 0 radical (unpaired) electrons. The van der Waals surface area contributed by atoms with Crippen molar-refractivity contribution in [3.63, 3.8) is 0 Å². The van der Waals surface area contributed by atoms with E-state index < -0.39 is 0 Å². The molecular formula is C13H8Cl3N3. The van der Waals surface area contributed by atoms with Gasteiger partial charge >= 0.3 is 0 Å². The van der Waals surface area contributed by atoms with E-state index in [-0.39, 0.29) is 0 Å². The highest BCUT2D eigenvalue weighted by Gasteiger charge is 2.09. The molecule has 0 bridgehead atoms. The second kappa shape index (κ2) is 6.12. The third-order valence-electron chi connectivity index (χ3n) is 2.46. The molecule has 0 amide bonds. The highest BCUT2D eigenvalue weighted by atomic mass is 35.5. The summed E-state index contributed by atoms with van der Waals surface area (Å²) < 4.78 is 0. The van der Waals surface area contributed by atoms with Crippen LogP contribution >= 0.6 is 34.8 Å². The Labute approximate surface area is 125 Å². The van der Waals surface area contributed by atoms with Gasteiger partial charge in [0.2, 0.25) is 0 Å². The van der Waals surface area contributed by atoms with Crippen molar-refractivity contribution >= 4 is 40.5 Å². The number of halogens is 3. The lowest BCUT2D eigenvalue weighted by atomic mass is 10.2. The van der Waals surface area contributed by atoms with Crippen LogP contribution in [0.5, 0.6) is 0 Å². The number of nitrogens with zero attached hydrogens (tertiary/aromatic N) is 2. The molecule has 0 fully saturated rings. The largest absolute Gasteiger partial charge is 0.378 e. The fourth-order valence-corrected chi connectivity index (χ4v) is 2.53. The zero-order chi connectivity index (χ0) is 13.8. The van der Waals surface area contributed by atoms with Gasteiger partial charge in [-0.25, -0.2) is 4.98 Å². The van der Waals surface area contributed by atoms with Crippen LogP contribution in [0.15, 0.2) is 30.5 Å². The summed E-state index contributed by atoms with van der Waals surface area (Å²) in [4.78, 5) is 3.98. The topological polar surface area (TPSA) is 48.7 Å². The maximum absolute atomic E-state index is 8.95. The molecule has 2 aromatic rings. The van der Waals surface area contributed by atoms with E-state index in [1.165, 1.54) is 0 Å². The standard InChI is InChI=1S/C13H8Cl3N3/c14-9-4-10(15)13(11(16)5-9)19-7-8-2-1-3-18-12(8)6-17/h1-5,19H,7H2. The van der Waals surface area contributed by atoms with Gasteiger partial charge in [0.15, 0.2) is 0 Å². The average Bonchev–Trinajstić information content (AvgIpc) is 2.38. The molecule has 0 aliphatic heterocycles. The maximum atomic E-state index is 8.95. The molecule has 0 atom stereocenters. The van der Waals surface area contributed by atoms with Gasteiger partial charge in [-0.05, 0) is 18.2 Å². The molecule has 0 spiro atoms. The number of hydrogen-bond acceptors (Lipinski definition) is 3. The van der Waals surface area contributed by atoms with Crippen LogP contribution in [0.2, 0.25) is 15.1 Å². The lowest BCUT2D eigenvalue weighted by Crippen LogP contribution is -2.03. The minimum absolute atomic E-state index is 0.371. The molecule has 1 aromatic carbocycles. The zero-order valence-electron chi connectivity index (χ0n) is 9.62. The third-order valence-corrected chi connectivity index (χ3v) is 3.27. The van der Waals surface area contributed by atoms with Crippen molar-refractivity contribution in [3.05, 3.63) is 56.8 Å². The molecule has 19 heavy (non-hydrogen) atoms. The van der Waals surface area contributed by atoms with Gasteiger partial charge in [-0.2, -0.15) is 5.26 Å². The second-order valence-electron chi connectivity index (χ2n) is 3.72. The monoisotopic (exact) mass is 311 g/mol. The SMILES string of the molecule is N#Cc1ncccc1CNc1c(Cl)cc(Cl)cc1Cl. The van der Waals surface area contributed by atoms with E-state index in [9.17, 15) is 0 Å². The molecule has 96 valence electrons. The molecule has 0 aliphatic rings. The van der Waals surface area contributed by atoms with E-state index >= 15 is 0 Å². The van der Waals surface area contributed by atoms with Gasteiger partial charge in [0.05, 0.1) is 15.7 Å². The Kier molecular flexibility index (Phi) is 4.49. The summed E-state index contributed by atoms with van der Waals surface area (Å²) in [5.41, 5.74) is 1.73. The van der Waals surface area contributed by atoms with Crippen LogP contribution in [-0.2, 0) is 6.54 Å². The Bertz CT molecular complexity index is 627. The van der Waals surface area contributed by atoms with Crippen LogP contribution in [0.3, 0.4) is 0 Å². The van der Waals surface area contributed by atoms with Gasteiger partial charge in [-0.15, -0.1) is 0 Å². The number of aromatic nitrogens is 1. The number of benzene rings is 1. The maximum Gasteiger partial charge on any atom is 0.145 e. The summed E-state index contributed by atoms with van der Waals surface area (Å²) in [6, 6.07) is 8.82. The average molecular weight is 313 g/mol. The molecule has 6 heteroatoms. The van der Waals surface area contributed by atoms with Crippen molar-refractivity contribution in [1.82, 2.24) is 4.98 Å². The first-order valence-corrected chi connectivity index (χ1v) is 6.47. The van der Waals surface area contributed by atoms with Crippen molar-refractivity contribution in [1.29, 1.82) is 5.26 Å². The number of rotatable bonds is 3. The molecule has 1 heterocycles. The van der Waals surface area contributed by atoms with Gasteiger partial charge in [0.25, 0.3) is 0 Å². The van der Waals surface area contributed by atoms with Gasteiger partial charge in [0.1, 0.15) is 11.8 Å². The Morgan fingerprint density at radius 3 is 2.53 bits per heavy atom. The minimum atomic E-state index is 0.371. The highest BCUT2D eigenvalue weighted by molar-refractivity contribution is 6.41. The molecule has 2 rings (SSSR count). The number of nitrogens with one attached hydrogen (secondary N) is 1. The predicted molar refractivity (Wildman–Crippen MR) is 77.8 cm³/mol. The van der Waals surface area contributed by atoms with Crippen LogP contribution in [0, 0.1) is 11.3 Å². The predicted octanol–water partition coefficient (Wildman–Crippen LogP) is 4.53. The van der Waals surface area contributed by atoms with Crippen LogP contribution in [-0.4, -0.2) is 4.98 Å². The number of pyridine rings is 1. The molecule has 0 aliphatic carbocycles. The fraction of sp³-hybridized carbons (Fsp3) is 0.0769. The van der Waals surface area contributed by atoms with Crippen LogP contribution in [0.1, 0.15) is 11.3 Å². The quantitative estimate of drug-likeness (QED) is 0.906. The first kappa shape index (κ1) is 14.0. The van der Waals surface area contributed by atoms with Crippen molar-refractivity contribution < 1.29 is 0 Å². The number of nitriles is 1. The summed E-state index contributed by atoms with van der Waals surface area (Å²) in [6.45, 7) is 0.401. The van der Waals surface area contributed by atoms with E-state index in [1.807, 2.05) is 12.1 Å². The Morgan fingerprint density at radius 2 is 1.89 bits per heavy atom. The Morgan fingerprint density at radius 1 is 1.21 bits per heavy atom. The molecule has 1 N–H and O–H groups in total. The van der Waals surface area contributed by atoms with Gasteiger partial charge in [0, 0.05) is 23.3 Å². The first-order valence-electron chi connectivity index (χ1n) is 5.34. The van der Waals surface area contributed by atoms with E-state index in [1.54, 1.807) is 24.4 Å². The molecule has 0 saturated carbocycles. The highest BCUT2D eigenvalue weighted by Crippen LogP contribution is 2.33. The summed E-state index contributed by atoms with van der Waals surface area (Å²) in [5.74, 6) is 0. The van der Waals surface area contributed by atoms with Gasteiger partial charge in [-0.3, -0.25) is 0 Å². The molecule has 0 unspecified atom stereocenters. The van der Waals surface area contributed by atoms with Gasteiger partial charge in [-0.1, -0.05) is 40.9 Å². The van der Waals surface area contributed by atoms with Crippen molar-refractivity contribution in [2.75, 3.05) is 5.32 Å². The van der Waals surface area contributed by atoms with Gasteiger partial charge < -0.3 is 5.32 Å². The smallest absolute Gasteiger partial charge is 0.145 e. The Hall–Kier alpha value is -1.47. The second-order valence-corrected chi connectivity index (χ2v) is 4.97. The van der Waals surface area contributed by atoms with Crippen molar-refractivity contribution in [2.45, 2.75) is 6.54 Å². The minimum Gasteiger partial charge on any atom is -0.378 e.